The molecule has 0 aliphatic carbocycles. The molecule has 4 nitrogen and oxygen atoms in total. The molecule has 1 aromatic carbocycles. The smallest absolute Gasteiger partial charge is 0.271 e. The number of nitrogens with zero attached hydrogens (tertiary/aromatic N) is 1. The van der Waals surface area contributed by atoms with E-state index in [1.807, 2.05) is 13.8 Å². The summed E-state index contributed by atoms with van der Waals surface area (Å²) in [6, 6.07) is 8.38. The lowest BCUT2D eigenvalue weighted by Gasteiger charge is -2.39. The van der Waals surface area contributed by atoms with Gasteiger partial charge in [-0.2, -0.15) is 0 Å². The molecule has 1 aliphatic heterocycles. The largest absolute Gasteiger partial charge is 0.369 e. The molecule has 2 aromatic rings. The molecule has 0 unspecified atom stereocenters. The van der Waals surface area contributed by atoms with Gasteiger partial charge in [0.05, 0.1) is 16.4 Å². The first kappa shape index (κ1) is 22.1. The maximum atomic E-state index is 12.6. The quantitative estimate of drug-likeness (QED) is 0.727. The molecule has 0 amide bonds. The van der Waals surface area contributed by atoms with Crippen molar-refractivity contribution in [3.05, 3.63) is 35.4 Å². The van der Waals surface area contributed by atoms with Crippen LogP contribution in [0.1, 0.15) is 40.5 Å². The second-order valence-corrected chi connectivity index (χ2v) is 10.5. The minimum Gasteiger partial charge on any atom is -0.369 e. The molecule has 8 heteroatoms. The van der Waals surface area contributed by atoms with Crippen molar-refractivity contribution in [2.24, 2.45) is 5.41 Å². The Labute approximate surface area is 173 Å². The van der Waals surface area contributed by atoms with Crippen LogP contribution >= 0.6 is 22.9 Å². The molecule has 146 valence electrons. The van der Waals surface area contributed by atoms with Crippen LogP contribution in [0.5, 0.6) is 0 Å². The van der Waals surface area contributed by atoms with Crippen LogP contribution in [0.15, 0.2) is 34.5 Å². The predicted octanol–water partition coefficient (Wildman–Crippen LogP) is 4.65. The molecule has 1 saturated heterocycles. The molecular formula is C19H26BClN2O2S2. The predicted molar refractivity (Wildman–Crippen MR) is 119 cm³/mol. The fraction of sp³-hybridized carbons (Fsp3) is 0.474. The average Bonchev–Trinajstić information content (AvgIpc) is 3.05. The number of thiophene rings is 1. The zero-order valence-corrected chi connectivity index (χ0v) is 18.6. The number of halogens is 1. The van der Waals surface area contributed by atoms with Gasteiger partial charge >= 0.3 is 0 Å². The summed E-state index contributed by atoms with van der Waals surface area (Å²) in [6.07, 6.45) is 2.07. The molecule has 3 rings (SSSR count). The van der Waals surface area contributed by atoms with Crippen molar-refractivity contribution in [2.45, 2.75) is 44.7 Å². The molecule has 0 saturated carbocycles. The molecule has 1 N–H and O–H groups in total. The van der Waals surface area contributed by atoms with Crippen LogP contribution in [0, 0.1) is 5.41 Å². The SMILES string of the molecule is CC.[B]c1ccc(S(=O)(=O)Nc2cccc(Cl)c2N2CCC(C)(C)CC2)s1. The van der Waals surface area contributed by atoms with Crippen molar-refractivity contribution in [2.75, 3.05) is 22.7 Å². The first-order valence-corrected chi connectivity index (χ1v) is 11.8. The topological polar surface area (TPSA) is 49.4 Å². The molecule has 2 radical (unpaired) electrons. The van der Waals surface area contributed by atoms with Gasteiger partial charge in [0, 0.05) is 13.1 Å². The van der Waals surface area contributed by atoms with Crippen molar-refractivity contribution < 1.29 is 8.42 Å². The van der Waals surface area contributed by atoms with Gasteiger partial charge in [0.15, 0.2) is 0 Å². The van der Waals surface area contributed by atoms with Crippen LogP contribution in [0.4, 0.5) is 11.4 Å². The van der Waals surface area contributed by atoms with Crippen LogP contribution in [0.3, 0.4) is 0 Å². The van der Waals surface area contributed by atoms with Gasteiger partial charge in [0.1, 0.15) is 12.1 Å². The molecule has 1 fully saturated rings. The van der Waals surface area contributed by atoms with Gasteiger partial charge in [-0.25, -0.2) is 8.42 Å². The van der Waals surface area contributed by atoms with Crippen LogP contribution in [0.2, 0.25) is 5.02 Å². The normalized spacial score (nSPS) is 16.4. The number of hydrogen-bond acceptors (Lipinski definition) is 4. The first-order valence-electron chi connectivity index (χ1n) is 9.10. The van der Waals surface area contributed by atoms with Gasteiger partial charge < -0.3 is 4.90 Å². The summed E-state index contributed by atoms with van der Waals surface area (Å²) >= 11 is 7.46. The number of anilines is 2. The Morgan fingerprint density at radius 2 is 1.78 bits per heavy atom. The summed E-state index contributed by atoms with van der Waals surface area (Å²) in [7, 11) is 1.97. The molecule has 2 heterocycles. The summed E-state index contributed by atoms with van der Waals surface area (Å²) in [5, 5.41) is 0.547. The lowest BCUT2D eigenvalue weighted by Crippen LogP contribution is -2.38. The lowest BCUT2D eigenvalue weighted by molar-refractivity contribution is 0.280. The van der Waals surface area contributed by atoms with E-state index < -0.39 is 10.0 Å². The minimum atomic E-state index is -3.69. The van der Waals surface area contributed by atoms with Crippen LogP contribution in [0.25, 0.3) is 0 Å². The van der Waals surface area contributed by atoms with Crippen molar-refractivity contribution in [3.63, 3.8) is 0 Å². The van der Waals surface area contributed by atoms with Gasteiger partial charge in [0.25, 0.3) is 10.0 Å². The number of nitrogens with one attached hydrogen (secondary N) is 1. The molecule has 0 spiro atoms. The lowest BCUT2D eigenvalue weighted by atomic mass is 9.82. The Hall–Kier alpha value is -1.18. The van der Waals surface area contributed by atoms with Crippen LogP contribution < -0.4 is 14.4 Å². The molecule has 27 heavy (non-hydrogen) atoms. The Kier molecular flexibility index (Phi) is 7.28. The average molecular weight is 425 g/mol. The van der Waals surface area contributed by atoms with Gasteiger partial charge in [-0.05, 0) is 41.2 Å². The van der Waals surface area contributed by atoms with Crippen molar-refractivity contribution in [1.29, 1.82) is 0 Å². The Balaban J connectivity index is 0.00000126. The van der Waals surface area contributed by atoms with Gasteiger partial charge in [-0.15, -0.1) is 11.3 Å². The summed E-state index contributed by atoms with van der Waals surface area (Å²) in [5.41, 5.74) is 1.54. The van der Waals surface area contributed by atoms with E-state index in [4.69, 9.17) is 19.4 Å². The van der Waals surface area contributed by atoms with Crippen LogP contribution in [-0.4, -0.2) is 29.4 Å². The maximum Gasteiger partial charge on any atom is 0.271 e. The fourth-order valence-electron chi connectivity index (χ4n) is 2.93. The zero-order valence-electron chi connectivity index (χ0n) is 16.3. The van der Waals surface area contributed by atoms with E-state index >= 15 is 0 Å². The molecular weight excluding hydrogens is 399 g/mol. The highest BCUT2D eigenvalue weighted by Crippen LogP contribution is 2.39. The number of para-hydroxylation sites is 1. The highest BCUT2D eigenvalue weighted by atomic mass is 35.5. The number of sulfonamides is 1. The molecule has 0 atom stereocenters. The monoisotopic (exact) mass is 424 g/mol. The third kappa shape index (κ3) is 5.43. The van der Waals surface area contributed by atoms with E-state index in [2.05, 4.69) is 23.5 Å². The molecule has 1 aliphatic rings. The van der Waals surface area contributed by atoms with Gasteiger partial charge in [-0.3, -0.25) is 4.72 Å². The summed E-state index contributed by atoms with van der Waals surface area (Å²) in [6.45, 7) is 10.2. The molecule has 1 aromatic heterocycles. The van der Waals surface area contributed by atoms with Crippen molar-refractivity contribution in [3.8, 4) is 0 Å². The van der Waals surface area contributed by atoms with Crippen molar-refractivity contribution in [1.82, 2.24) is 0 Å². The second kappa shape index (κ2) is 8.88. The minimum absolute atomic E-state index is 0.190. The highest BCUT2D eigenvalue weighted by Gasteiger charge is 2.28. The zero-order chi connectivity index (χ0) is 20.2. The summed E-state index contributed by atoms with van der Waals surface area (Å²) in [5.74, 6) is 0. The second-order valence-electron chi connectivity index (χ2n) is 7.05. The standard InChI is InChI=1S/C17H20BClN2O2S2.C2H6/c1-17(2)8-10-21(11-9-17)16-12(19)4-3-5-13(16)20-25(22,23)15-7-6-14(18)24-15;1-2/h3-7,20H,8-11H2,1-2H3;1-2H3. The fourth-order valence-corrected chi connectivity index (χ4v) is 5.38. The Morgan fingerprint density at radius 3 is 2.33 bits per heavy atom. The summed E-state index contributed by atoms with van der Waals surface area (Å²) < 4.78 is 28.6. The molecule has 0 bridgehead atoms. The van der Waals surface area contributed by atoms with E-state index in [0.29, 0.717) is 20.9 Å². The van der Waals surface area contributed by atoms with Gasteiger partial charge in [-0.1, -0.05) is 51.4 Å². The highest BCUT2D eigenvalue weighted by molar-refractivity contribution is 7.94. The van der Waals surface area contributed by atoms with Crippen molar-refractivity contribution >= 4 is 57.0 Å². The number of piperidine rings is 1. The number of benzene rings is 1. The number of hydrogen-bond donors (Lipinski definition) is 1. The van der Waals surface area contributed by atoms with E-state index in [1.54, 1.807) is 24.3 Å². The van der Waals surface area contributed by atoms with E-state index in [9.17, 15) is 8.42 Å². The third-order valence-electron chi connectivity index (χ3n) is 4.53. The first-order chi connectivity index (χ1) is 12.7. The van der Waals surface area contributed by atoms with E-state index in [-0.39, 0.29) is 4.21 Å². The van der Waals surface area contributed by atoms with E-state index in [0.717, 1.165) is 43.0 Å². The Bertz CT molecular complexity index is 872. The third-order valence-corrected chi connectivity index (χ3v) is 7.61. The Morgan fingerprint density at radius 1 is 1.15 bits per heavy atom. The maximum absolute atomic E-state index is 12.6. The van der Waals surface area contributed by atoms with Gasteiger partial charge in [0.2, 0.25) is 0 Å². The number of rotatable bonds is 4. The van der Waals surface area contributed by atoms with Crippen LogP contribution in [-0.2, 0) is 10.0 Å². The van der Waals surface area contributed by atoms with E-state index in [1.165, 1.54) is 6.07 Å². The summed E-state index contributed by atoms with van der Waals surface area (Å²) in [4.78, 5) is 2.16.